The molecule has 2 rings (SSSR count). The third-order valence-corrected chi connectivity index (χ3v) is 2.22. The third kappa shape index (κ3) is 1.89. The van der Waals surface area contributed by atoms with Gasteiger partial charge in [-0.1, -0.05) is 36.3 Å². The molecule has 2 aromatic carbocycles. The van der Waals surface area contributed by atoms with Gasteiger partial charge in [0.25, 0.3) is 0 Å². The molecule has 0 aliphatic heterocycles. The SMILES string of the molecule is C#Cc1ccc(F)c(-c2ccccc2)c1. The average molecular weight is 196 g/mol. The van der Waals surface area contributed by atoms with Gasteiger partial charge in [0.2, 0.25) is 0 Å². The number of hydrogen-bond acceptors (Lipinski definition) is 0. The van der Waals surface area contributed by atoms with Crippen molar-refractivity contribution in [3.63, 3.8) is 0 Å². The molecule has 72 valence electrons. The fourth-order valence-corrected chi connectivity index (χ4v) is 1.45. The molecule has 0 saturated carbocycles. The number of halogens is 1. The van der Waals surface area contributed by atoms with Gasteiger partial charge in [-0.05, 0) is 23.8 Å². The first-order valence-corrected chi connectivity index (χ1v) is 4.63. The Morgan fingerprint density at radius 1 is 1.00 bits per heavy atom. The lowest BCUT2D eigenvalue weighted by Crippen LogP contribution is -1.85. The zero-order valence-electron chi connectivity index (χ0n) is 8.07. The monoisotopic (exact) mass is 196 g/mol. The van der Waals surface area contributed by atoms with Gasteiger partial charge >= 0.3 is 0 Å². The van der Waals surface area contributed by atoms with Crippen molar-refractivity contribution in [1.82, 2.24) is 0 Å². The number of hydrogen-bond donors (Lipinski definition) is 0. The van der Waals surface area contributed by atoms with E-state index in [9.17, 15) is 4.39 Å². The molecule has 15 heavy (non-hydrogen) atoms. The van der Waals surface area contributed by atoms with E-state index < -0.39 is 0 Å². The lowest BCUT2D eigenvalue weighted by Gasteiger charge is -2.03. The minimum Gasteiger partial charge on any atom is -0.206 e. The van der Waals surface area contributed by atoms with E-state index in [2.05, 4.69) is 5.92 Å². The minimum atomic E-state index is -0.250. The van der Waals surface area contributed by atoms with Crippen LogP contribution < -0.4 is 0 Å². The lowest BCUT2D eigenvalue weighted by atomic mass is 10.0. The van der Waals surface area contributed by atoms with Crippen LogP contribution in [0.4, 0.5) is 4.39 Å². The third-order valence-electron chi connectivity index (χ3n) is 2.22. The first-order valence-electron chi connectivity index (χ1n) is 4.63. The van der Waals surface area contributed by atoms with Crippen molar-refractivity contribution in [2.24, 2.45) is 0 Å². The lowest BCUT2D eigenvalue weighted by molar-refractivity contribution is 0.631. The highest BCUT2D eigenvalue weighted by molar-refractivity contribution is 5.65. The molecule has 0 saturated heterocycles. The highest BCUT2D eigenvalue weighted by Gasteiger charge is 2.04. The standard InChI is InChI=1S/C14H9F/c1-2-11-8-9-14(15)13(10-11)12-6-4-3-5-7-12/h1,3-10H. The molecule has 0 N–H and O–H groups in total. The van der Waals surface area contributed by atoms with Gasteiger partial charge in [-0.15, -0.1) is 6.42 Å². The highest BCUT2D eigenvalue weighted by Crippen LogP contribution is 2.23. The largest absolute Gasteiger partial charge is 0.206 e. The smallest absolute Gasteiger partial charge is 0.131 e. The van der Waals surface area contributed by atoms with E-state index in [1.165, 1.54) is 6.07 Å². The van der Waals surface area contributed by atoms with Crippen molar-refractivity contribution in [1.29, 1.82) is 0 Å². The number of benzene rings is 2. The second-order valence-corrected chi connectivity index (χ2v) is 3.20. The minimum absolute atomic E-state index is 0.250. The Morgan fingerprint density at radius 2 is 1.73 bits per heavy atom. The summed E-state index contributed by atoms with van der Waals surface area (Å²) in [6.45, 7) is 0. The fourth-order valence-electron chi connectivity index (χ4n) is 1.45. The van der Waals surface area contributed by atoms with E-state index in [-0.39, 0.29) is 5.82 Å². The number of terminal acetylenes is 1. The molecule has 0 spiro atoms. The summed E-state index contributed by atoms with van der Waals surface area (Å²) in [5.41, 5.74) is 2.08. The molecule has 0 aliphatic carbocycles. The maximum absolute atomic E-state index is 13.5. The Hall–Kier alpha value is -2.07. The molecule has 2 aromatic rings. The maximum Gasteiger partial charge on any atom is 0.131 e. The van der Waals surface area contributed by atoms with Gasteiger partial charge in [-0.25, -0.2) is 4.39 Å². The number of rotatable bonds is 1. The molecule has 0 aromatic heterocycles. The molecule has 0 fully saturated rings. The van der Waals surface area contributed by atoms with Crippen LogP contribution in [0.3, 0.4) is 0 Å². The summed E-state index contributed by atoms with van der Waals surface area (Å²) in [4.78, 5) is 0. The average Bonchev–Trinajstić information content (AvgIpc) is 2.31. The molecule has 0 amide bonds. The molecule has 0 unspecified atom stereocenters. The van der Waals surface area contributed by atoms with Gasteiger partial charge < -0.3 is 0 Å². The molecule has 0 atom stereocenters. The van der Waals surface area contributed by atoms with Crippen LogP contribution in [0, 0.1) is 18.2 Å². The van der Waals surface area contributed by atoms with Crippen molar-refractivity contribution in [2.75, 3.05) is 0 Å². The first-order chi connectivity index (χ1) is 7.31. The molecule has 0 nitrogen and oxygen atoms in total. The summed E-state index contributed by atoms with van der Waals surface area (Å²) in [5.74, 6) is 2.25. The Morgan fingerprint density at radius 3 is 2.40 bits per heavy atom. The zero-order valence-corrected chi connectivity index (χ0v) is 8.07. The van der Waals surface area contributed by atoms with Crippen LogP contribution in [0.25, 0.3) is 11.1 Å². The summed E-state index contributed by atoms with van der Waals surface area (Å²) < 4.78 is 13.5. The Labute approximate surface area is 88.4 Å². The Bertz CT molecular complexity index is 507. The topological polar surface area (TPSA) is 0 Å². The quantitative estimate of drug-likeness (QED) is 0.612. The zero-order chi connectivity index (χ0) is 10.7. The van der Waals surface area contributed by atoms with Gasteiger partial charge in [0, 0.05) is 11.1 Å². The van der Waals surface area contributed by atoms with E-state index in [0.717, 1.165) is 5.56 Å². The van der Waals surface area contributed by atoms with Crippen LogP contribution in [0.1, 0.15) is 5.56 Å². The van der Waals surface area contributed by atoms with Gasteiger partial charge in [-0.2, -0.15) is 0 Å². The van der Waals surface area contributed by atoms with Crippen molar-refractivity contribution in [3.8, 4) is 23.5 Å². The summed E-state index contributed by atoms with van der Waals surface area (Å²) in [6.07, 6.45) is 5.27. The predicted molar refractivity (Wildman–Crippen MR) is 59.8 cm³/mol. The van der Waals surface area contributed by atoms with Gasteiger partial charge in [-0.3, -0.25) is 0 Å². The van der Waals surface area contributed by atoms with E-state index in [4.69, 9.17) is 6.42 Å². The highest BCUT2D eigenvalue weighted by atomic mass is 19.1. The molecule has 0 heterocycles. The molecule has 0 radical (unpaired) electrons. The van der Waals surface area contributed by atoms with Crippen LogP contribution in [-0.4, -0.2) is 0 Å². The van der Waals surface area contributed by atoms with Crippen molar-refractivity contribution < 1.29 is 4.39 Å². The van der Waals surface area contributed by atoms with Crippen molar-refractivity contribution in [2.45, 2.75) is 0 Å². The van der Waals surface area contributed by atoms with Gasteiger partial charge in [0.05, 0.1) is 0 Å². The summed E-state index contributed by atoms with van der Waals surface area (Å²) in [5, 5.41) is 0. The Balaban J connectivity index is 2.58. The van der Waals surface area contributed by atoms with E-state index in [0.29, 0.717) is 11.1 Å². The second kappa shape index (κ2) is 3.98. The molecular formula is C14H9F. The first kappa shape index (κ1) is 9.48. The predicted octanol–water partition coefficient (Wildman–Crippen LogP) is 3.47. The summed E-state index contributed by atoms with van der Waals surface area (Å²) in [6, 6.07) is 14.0. The van der Waals surface area contributed by atoms with E-state index in [1.54, 1.807) is 12.1 Å². The van der Waals surface area contributed by atoms with Gasteiger partial charge in [0.1, 0.15) is 5.82 Å². The van der Waals surface area contributed by atoms with Crippen LogP contribution in [-0.2, 0) is 0 Å². The van der Waals surface area contributed by atoms with Crippen molar-refractivity contribution in [3.05, 3.63) is 59.9 Å². The maximum atomic E-state index is 13.5. The van der Waals surface area contributed by atoms with Crippen molar-refractivity contribution >= 4 is 0 Å². The van der Waals surface area contributed by atoms with Crippen LogP contribution in [0.5, 0.6) is 0 Å². The van der Waals surface area contributed by atoms with Gasteiger partial charge in [0.15, 0.2) is 0 Å². The van der Waals surface area contributed by atoms with Crippen LogP contribution in [0.15, 0.2) is 48.5 Å². The van der Waals surface area contributed by atoms with Crippen LogP contribution >= 0.6 is 0 Å². The van der Waals surface area contributed by atoms with E-state index in [1.807, 2.05) is 30.3 Å². The summed E-state index contributed by atoms with van der Waals surface area (Å²) in [7, 11) is 0. The summed E-state index contributed by atoms with van der Waals surface area (Å²) >= 11 is 0. The molecule has 0 aliphatic rings. The van der Waals surface area contributed by atoms with Crippen LogP contribution in [0.2, 0.25) is 0 Å². The molecule has 1 heteroatoms. The molecule has 0 bridgehead atoms. The second-order valence-electron chi connectivity index (χ2n) is 3.20. The normalized spacial score (nSPS) is 9.60. The van der Waals surface area contributed by atoms with E-state index >= 15 is 0 Å². The fraction of sp³-hybridized carbons (Fsp3) is 0. The molecular weight excluding hydrogens is 187 g/mol. The Kier molecular flexibility index (Phi) is 2.51.